The summed E-state index contributed by atoms with van der Waals surface area (Å²) in [6.45, 7) is 0.667. The topological polar surface area (TPSA) is 93.7 Å². The minimum atomic E-state index is -3.81. The van der Waals surface area contributed by atoms with E-state index in [2.05, 4.69) is 10.0 Å². The zero-order chi connectivity index (χ0) is 19.2. The minimum absolute atomic E-state index is 0.0688. The van der Waals surface area contributed by atoms with Crippen LogP contribution in [0.25, 0.3) is 0 Å². The summed E-state index contributed by atoms with van der Waals surface area (Å²) in [4.78, 5) is 12.2. The highest BCUT2D eigenvalue weighted by Crippen LogP contribution is 2.23. The number of nitrogens with one attached hydrogen (secondary N) is 2. The smallest absolute Gasteiger partial charge is 0.261 e. The Balaban J connectivity index is 2.20. The summed E-state index contributed by atoms with van der Waals surface area (Å²) in [6, 6.07) is 10.3. The number of rotatable bonds is 8. The van der Waals surface area contributed by atoms with E-state index in [9.17, 15) is 13.2 Å². The molecule has 1 amide bonds. The van der Waals surface area contributed by atoms with Crippen molar-refractivity contribution < 1.29 is 22.7 Å². The van der Waals surface area contributed by atoms with Crippen LogP contribution >= 0.6 is 11.6 Å². The van der Waals surface area contributed by atoms with Crippen LogP contribution in [0.5, 0.6) is 5.75 Å². The fraction of sp³-hybridized carbons (Fsp3) is 0.235. The third kappa shape index (κ3) is 5.10. The first-order chi connectivity index (χ1) is 12.4. The molecule has 0 atom stereocenters. The van der Waals surface area contributed by atoms with Gasteiger partial charge in [0, 0.05) is 19.3 Å². The molecule has 2 aromatic carbocycles. The van der Waals surface area contributed by atoms with Gasteiger partial charge < -0.3 is 14.8 Å². The van der Waals surface area contributed by atoms with Gasteiger partial charge in [0.05, 0.1) is 29.2 Å². The Morgan fingerprint density at radius 3 is 2.42 bits per heavy atom. The van der Waals surface area contributed by atoms with Gasteiger partial charge in [-0.05, 0) is 42.5 Å². The zero-order valence-corrected chi connectivity index (χ0v) is 15.9. The number of amides is 1. The van der Waals surface area contributed by atoms with Crippen molar-refractivity contribution >= 4 is 33.2 Å². The lowest BCUT2D eigenvalue weighted by molar-refractivity contribution is 0.0937. The summed E-state index contributed by atoms with van der Waals surface area (Å²) in [5.41, 5.74) is 0.389. The molecule has 0 bridgehead atoms. The van der Waals surface area contributed by atoms with E-state index in [4.69, 9.17) is 21.1 Å². The maximum atomic E-state index is 12.5. The van der Waals surface area contributed by atoms with Gasteiger partial charge in [0.15, 0.2) is 0 Å². The molecule has 0 saturated carbocycles. The third-order valence-electron chi connectivity index (χ3n) is 3.42. The molecule has 0 spiro atoms. The van der Waals surface area contributed by atoms with Crippen molar-refractivity contribution in [1.82, 2.24) is 5.32 Å². The molecule has 0 aliphatic carbocycles. The number of hydrogen-bond donors (Lipinski definition) is 2. The molecule has 7 nitrogen and oxygen atoms in total. The van der Waals surface area contributed by atoms with Gasteiger partial charge in [-0.15, -0.1) is 0 Å². The van der Waals surface area contributed by atoms with Crippen molar-refractivity contribution in [1.29, 1.82) is 0 Å². The molecule has 140 valence electrons. The van der Waals surface area contributed by atoms with Gasteiger partial charge in [0.2, 0.25) is 0 Å². The van der Waals surface area contributed by atoms with Gasteiger partial charge in [0.1, 0.15) is 5.75 Å². The molecule has 2 aromatic rings. The molecule has 0 unspecified atom stereocenters. The molecule has 0 aromatic heterocycles. The lowest BCUT2D eigenvalue weighted by atomic mass is 10.2. The van der Waals surface area contributed by atoms with Crippen molar-refractivity contribution in [2.24, 2.45) is 0 Å². The van der Waals surface area contributed by atoms with Crippen LogP contribution in [0.3, 0.4) is 0 Å². The summed E-state index contributed by atoms with van der Waals surface area (Å²) >= 11 is 6.04. The average molecular weight is 399 g/mol. The first kappa shape index (κ1) is 20.0. The Kier molecular flexibility index (Phi) is 6.84. The quantitative estimate of drug-likeness (QED) is 0.666. The van der Waals surface area contributed by atoms with Gasteiger partial charge in [-0.1, -0.05) is 11.6 Å². The Morgan fingerprint density at radius 1 is 1.12 bits per heavy atom. The lowest BCUT2D eigenvalue weighted by Gasteiger charge is -2.11. The van der Waals surface area contributed by atoms with E-state index in [0.29, 0.717) is 18.9 Å². The van der Waals surface area contributed by atoms with Gasteiger partial charge in [-0.2, -0.15) is 0 Å². The van der Waals surface area contributed by atoms with Gasteiger partial charge in [-0.25, -0.2) is 8.42 Å². The van der Waals surface area contributed by atoms with E-state index in [1.807, 2.05) is 0 Å². The average Bonchev–Trinajstić information content (AvgIpc) is 2.63. The number of carbonyl (C=O) groups excluding carboxylic acids is 1. The molecule has 2 N–H and O–H groups in total. The lowest BCUT2D eigenvalue weighted by Crippen LogP contribution is -2.27. The number of halogens is 1. The summed E-state index contributed by atoms with van der Waals surface area (Å²) < 4.78 is 37.3. The van der Waals surface area contributed by atoms with Crippen LogP contribution in [0.15, 0.2) is 47.4 Å². The maximum absolute atomic E-state index is 12.5. The Bertz CT molecular complexity index is 869. The summed E-state index contributed by atoms with van der Waals surface area (Å²) in [5, 5.41) is 2.85. The second-order valence-electron chi connectivity index (χ2n) is 5.22. The van der Waals surface area contributed by atoms with Crippen molar-refractivity contribution in [2.45, 2.75) is 4.90 Å². The maximum Gasteiger partial charge on any atom is 0.261 e. The number of hydrogen-bond acceptors (Lipinski definition) is 5. The third-order valence-corrected chi connectivity index (χ3v) is 5.15. The van der Waals surface area contributed by atoms with Crippen LogP contribution in [0.2, 0.25) is 5.02 Å². The molecule has 26 heavy (non-hydrogen) atoms. The van der Waals surface area contributed by atoms with Crippen LogP contribution in [0.1, 0.15) is 10.4 Å². The monoisotopic (exact) mass is 398 g/mol. The Morgan fingerprint density at radius 2 is 1.81 bits per heavy atom. The van der Waals surface area contributed by atoms with Crippen LogP contribution < -0.4 is 14.8 Å². The fourth-order valence-corrected chi connectivity index (χ4v) is 3.35. The molecule has 0 aliphatic rings. The van der Waals surface area contributed by atoms with Crippen molar-refractivity contribution in [2.75, 3.05) is 32.1 Å². The molecule has 0 aliphatic heterocycles. The van der Waals surface area contributed by atoms with Crippen LogP contribution in [0, 0.1) is 0 Å². The van der Waals surface area contributed by atoms with Crippen LogP contribution in [-0.2, 0) is 14.8 Å². The number of sulfonamides is 1. The van der Waals surface area contributed by atoms with Gasteiger partial charge >= 0.3 is 0 Å². The first-order valence-corrected chi connectivity index (χ1v) is 9.47. The molecule has 0 fully saturated rings. The van der Waals surface area contributed by atoms with Gasteiger partial charge in [-0.3, -0.25) is 9.52 Å². The largest absolute Gasteiger partial charge is 0.497 e. The van der Waals surface area contributed by atoms with E-state index >= 15 is 0 Å². The summed E-state index contributed by atoms with van der Waals surface area (Å²) in [7, 11) is -0.799. The van der Waals surface area contributed by atoms with E-state index in [0.717, 1.165) is 0 Å². The molecular formula is C17H19ClN2O5S. The van der Waals surface area contributed by atoms with E-state index < -0.39 is 15.9 Å². The van der Waals surface area contributed by atoms with E-state index in [1.54, 1.807) is 12.1 Å². The normalized spacial score (nSPS) is 11.0. The molecule has 2 rings (SSSR count). The Hall–Kier alpha value is -2.29. The fourth-order valence-electron chi connectivity index (χ4n) is 2.09. The molecule has 9 heteroatoms. The van der Waals surface area contributed by atoms with Crippen LogP contribution in [-0.4, -0.2) is 41.7 Å². The summed E-state index contributed by atoms with van der Waals surface area (Å²) in [6.07, 6.45) is 0. The highest BCUT2D eigenvalue weighted by Gasteiger charge is 2.17. The number of anilines is 1. The summed E-state index contributed by atoms with van der Waals surface area (Å²) in [5.74, 6) is 0.128. The predicted molar refractivity (Wildman–Crippen MR) is 99.5 cm³/mol. The second kappa shape index (κ2) is 8.88. The number of carbonyl (C=O) groups is 1. The standard InChI is InChI=1S/C17H19ClN2O5S/c1-24-10-9-19-17(21)15-11-12(3-8-16(15)18)20-26(22,23)14-6-4-13(25-2)5-7-14/h3-8,11,20H,9-10H2,1-2H3,(H,19,21). The first-order valence-electron chi connectivity index (χ1n) is 7.61. The second-order valence-corrected chi connectivity index (χ2v) is 7.31. The van der Waals surface area contributed by atoms with E-state index in [-0.39, 0.29) is 21.2 Å². The molecule has 0 heterocycles. The van der Waals surface area contributed by atoms with Crippen molar-refractivity contribution in [3.05, 3.63) is 53.1 Å². The van der Waals surface area contributed by atoms with E-state index in [1.165, 1.54) is 44.6 Å². The number of ether oxygens (including phenoxy) is 2. The van der Waals surface area contributed by atoms with Crippen molar-refractivity contribution in [3.8, 4) is 5.75 Å². The molecular weight excluding hydrogens is 380 g/mol. The number of benzene rings is 2. The predicted octanol–water partition coefficient (Wildman–Crippen LogP) is 2.53. The van der Waals surface area contributed by atoms with Crippen molar-refractivity contribution in [3.63, 3.8) is 0 Å². The highest BCUT2D eigenvalue weighted by atomic mass is 35.5. The molecule has 0 radical (unpaired) electrons. The van der Waals surface area contributed by atoms with Gasteiger partial charge in [0.25, 0.3) is 15.9 Å². The SMILES string of the molecule is COCCNC(=O)c1cc(NS(=O)(=O)c2ccc(OC)cc2)ccc1Cl. The number of methoxy groups -OCH3 is 2. The highest BCUT2D eigenvalue weighted by molar-refractivity contribution is 7.92. The van der Waals surface area contributed by atoms with Crippen LogP contribution in [0.4, 0.5) is 5.69 Å². The Labute approximate surface area is 157 Å². The zero-order valence-electron chi connectivity index (χ0n) is 14.3. The molecule has 0 saturated heterocycles. The minimum Gasteiger partial charge on any atom is -0.497 e.